The second-order valence-electron chi connectivity index (χ2n) is 4.52. The average molecular weight is 317 g/mol. The number of urea groups is 1. The summed E-state index contributed by atoms with van der Waals surface area (Å²) < 4.78 is 24.3. The molecule has 3 N–H and O–H groups in total. The number of benzene rings is 2. The third kappa shape index (κ3) is 4.70. The minimum atomic E-state index is -0.752. The van der Waals surface area contributed by atoms with Crippen molar-refractivity contribution < 1.29 is 18.7 Å². The summed E-state index contributed by atoms with van der Waals surface area (Å²) in [5.41, 5.74) is 8.43. The van der Waals surface area contributed by atoms with Gasteiger partial charge in [-0.05, 0) is 35.9 Å². The van der Waals surface area contributed by atoms with Crippen molar-refractivity contribution in [3.63, 3.8) is 0 Å². The lowest BCUT2D eigenvalue weighted by Crippen LogP contribution is -2.24. The molecule has 2 amide bonds. The number of hydrogen-bond donors (Lipinski definition) is 2. The molecule has 0 heterocycles. The Morgan fingerprint density at radius 2 is 2.09 bits per heavy atom. The van der Waals surface area contributed by atoms with Crippen LogP contribution in [0.4, 0.5) is 9.18 Å². The Labute approximate surface area is 132 Å². The Balaban J connectivity index is 2.14. The topological polar surface area (TPSA) is 85.9 Å². The predicted molar refractivity (Wildman–Crippen MR) is 84.0 cm³/mol. The van der Waals surface area contributed by atoms with Gasteiger partial charge in [-0.1, -0.05) is 12.1 Å². The van der Waals surface area contributed by atoms with Crippen molar-refractivity contribution in [2.45, 2.75) is 6.61 Å². The van der Waals surface area contributed by atoms with Gasteiger partial charge >= 0.3 is 6.03 Å². The molecule has 7 heteroatoms. The van der Waals surface area contributed by atoms with Crippen LogP contribution in [0.15, 0.2) is 47.6 Å². The number of nitrogens with one attached hydrogen (secondary N) is 1. The molecule has 0 aliphatic rings. The van der Waals surface area contributed by atoms with E-state index >= 15 is 0 Å². The lowest BCUT2D eigenvalue weighted by molar-refractivity contribution is 0.249. The van der Waals surface area contributed by atoms with Gasteiger partial charge in [0.15, 0.2) is 11.6 Å². The summed E-state index contributed by atoms with van der Waals surface area (Å²) in [7, 11) is 1.53. The van der Waals surface area contributed by atoms with E-state index in [0.29, 0.717) is 16.9 Å². The number of nitrogens with two attached hydrogens (primary N) is 1. The number of methoxy groups -OCH3 is 1. The van der Waals surface area contributed by atoms with Crippen LogP contribution in [0.25, 0.3) is 0 Å². The molecule has 0 bridgehead atoms. The Hall–Kier alpha value is -3.09. The normalized spacial score (nSPS) is 10.5. The lowest BCUT2D eigenvalue weighted by Gasteiger charge is -2.11. The summed E-state index contributed by atoms with van der Waals surface area (Å²) in [6.07, 6.45) is 1.43. The van der Waals surface area contributed by atoms with Crippen molar-refractivity contribution in [1.29, 1.82) is 0 Å². The maximum absolute atomic E-state index is 13.6. The van der Waals surface area contributed by atoms with Crippen LogP contribution in [0.2, 0.25) is 0 Å². The molecule has 0 aromatic heterocycles. The van der Waals surface area contributed by atoms with Crippen molar-refractivity contribution in [1.82, 2.24) is 5.43 Å². The molecule has 2 aromatic carbocycles. The van der Waals surface area contributed by atoms with Crippen molar-refractivity contribution in [3.05, 3.63) is 59.4 Å². The van der Waals surface area contributed by atoms with E-state index in [1.165, 1.54) is 19.4 Å². The molecule has 0 aliphatic heterocycles. The first kappa shape index (κ1) is 16.3. The second-order valence-corrected chi connectivity index (χ2v) is 4.52. The molecule has 120 valence electrons. The first-order chi connectivity index (χ1) is 11.1. The van der Waals surface area contributed by atoms with Crippen LogP contribution >= 0.6 is 0 Å². The number of para-hydroxylation sites is 1. The zero-order valence-electron chi connectivity index (χ0n) is 12.5. The van der Waals surface area contributed by atoms with Crippen molar-refractivity contribution in [3.8, 4) is 11.5 Å². The number of carbonyl (C=O) groups is 1. The van der Waals surface area contributed by atoms with Gasteiger partial charge in [0.2, 0.25) is 0 Å². The molecule has 0 spiro atoms. The standard InChI is InChI=1S/C16H16FN3O3/c1-22-14-7-6-11(9-19-20-16(18)21)8-12(14)10-23-15-5-3-2-4-13(15)17/h2-9H,10H2,1H3,(H3,18,20,21). The number of primary amides is 1. The number of carbonyl (C=O) groups excluding carboxylic acids is 1. The minimum Gasteiger partial charge on any atom is -0.496 e. The first-order valence-corrected chi connectivity index (χ1v) is 6.73. The fourth-order valence-electron chi connectivity index (χ4n) is 1.88. The van der Waals surface area contributed by atoms with Gasteiger partial charge in [-0.3, -0.25) is 0 Å². The van der Waals surface area contributed by atoms with Crippen LogP contribution in [0, 0.1) is 5.82 Å². The van der Waals surface area contributed by atoms with E-state index in [1.807, 2.05) is 0 Å². The number of ether oxygens (including phenoxy) is 2. The molecule has 2 aromatic rings. The van der Waals surface area contributed by atoms with E-state index in [-0.39, 0.29) is 12.4 Å². The molecule has 2 rings (SSSR count). The quantitative estimate of drug-likeness (QED) is 0.633. The van der Waals surface area contributed by atoms with Gasteiger partial charge < -0.3 is 15.2 Å². The number of hydrazone groups is 1. The van der Waals surface area contributed by atoms with Crippen LogP contribution in [-0.4, -0.2) is 19.4 Å². The molecular formula is C16H16FN3O3. The van der Waals surface area contributed by atoms with Crippen molar-refractivity contribution >= 4 is 12.2 Å². The average Bonchev–Trinajstić information content (AvgIpc) is 2.54. The smallest absolute Gasteiger partial charge is 0.332 e. The summed E-state index contributed by atoms with van der Waals surface area (Å²) in [5.74, 6) is 0.320. The molecule has 0 radical (unpaired) electrons. The minimum absolute atomic E-state index is 0.120. The van der Waals surface area contributed by atoms with Crippen molar-refractivity contribution in [2.75, 3.05) is 7.11 Å². The van der Waals surface area contributed by atoms with E-state index in [1.54, 1.807) is 36.4 Å². The number of halogens is 1. The van der Waals surface area contributed by atoms with Gasteiger partial charge in [0, 0.05) is 5.56 Å². The molecule has 0 unspecified atom stereocenters. The number of amides is 2. The zero-order chi connectivity index (χ0) is 16.7. The van der Waals surface area contributed by atoms with Gasteiger partial charge in [-0.2, -0.15) is 5.10 Å². The van der Waals surface area contributed by atoms with Crippen LogP contribution in [0.1, 0.15) is 11.1 Å². The molecule has 6 nitrogen and oxygen atoms in total. The highest BCUT2D eigenvalue weighted by Gasteiger charge is 2.07. The first-order valence-electron chi connectivity index (χ1n) is 6.73. The SMILES string of the molecule is COc1ccc(C=NNC(N)=O)cc1COc1ccccc1F. The largest absolute Gasteiger partial charge is 0.496 e. The Morgan fingerprint density at radius 3 is 2.78 bits per heavy atom. The summed E-state index contributed by atoms with van der Waals surface area (Å²) in [6, 6.07) is 10.6. The van der Waals surface area contributed by atoms with Gasteiger partial charge in [-0.25, -0.2) is 14.6 Å². The molecule has 0 saturated heterocycles. The van der Waals surface area contributed by atoms with Crippen molar-refractivity contribution in [2.24, 2.45) is 10.8 Å². The number of nitrogens with zero attached hydrogens (tertiary/aromatic N) is 1. The maximum Gasteiger partial charge on any atom is 0.332 e. The number of hydrogen-bond acceptors (Lipinski definition) is 4. The summed E-state index contributed by atoms with van der Waals surface area (Å²) in [5, 5.41) is 3.68. The van der Waals surface area contributed by atoms with Crippen LogP contribution in [0.3, 0.4) is 0 Å². The highest BCUT2D eigenvalue weighted by molar-refractivity contribution is 5.82. The molecule has 0 fully saturated rings. The third-order valence-electron chi connectivity index (χ3n) is 2.91. The van der Waals surface area contributed by atoms with E-state index in [2.05, 4.69) is 10.5 Å². The second kappa shape index (κ2) is 7.79. The van der Waals surface area contributed by atoms with E-state index in [0.717, 1.165) is 0 Å². The van der Waals surface area contributed by atoms with E-state index in [4.69, 9.17) is 15.2 Å². The van der Waals surface area contributed by atoms with Gasteiger partial charge in [-0.15, -0.1) is 0 Å². The Bertz CT molecular complexity index is 719. The zero-order valence-corrected chi connectivity index (χ0v) is 12.5. The third-order valence-corrected chi connectivity index (χ3v) is 2.91. The van der Waals surface area contributed by atoms with E-state index in [9.17, 15) is 9.18 Å². The fraction of sp³-hybridized carbons (Fsp3) is 0.125. The van der Waals surface area contributed by atoms with Crippen LogP contribution < -0.4 is 20.6 Å². The Morgan fingerprint density at radius 1 is 1.30 bits per heavy atom. The summed E-state index contributed by atoms with van der Waals surface area (Å²) in [4.78, 5) is 10.6. The fourth-order valence-corrected chi connectivity index (χ4v) is 1.88. The molecule has 23 heavy (non-hydrogen) atoms. The summed E-state index contributed by atoms with van der Waals surface area (Å²) in [6.45, 7) is 0.120. The molecule has 0 atom stereocenters. The molecule has 0 aliphatic carbocycles. The predicted octanol–water partition coefficient (Wildman–Crippen LogP) is 2.42. The molecule has 0 saturated carbocycles. The van der Waals surface area contributed by atoms with Gasteiger partial charge in [0.1, 0.15) is 12.4 Å². The Kier molecular flexibility index (Phi) is 5.51. The molecular weight excluding hydrogens is 301 g/mol. The highest BCUT2D eigenvalue weighted by Crippen LogP contribution is 2.23. The van der Waals surface area contributed by atoms with Crippen LogP contribution in [0.5, 0.6) is 11.5 Å². The maximum atomic E-state index is 13.6. The van der Waals surface area contributed by atoms with Gasteiger partial charge in [0.05, 0.1) is 13.3 Å². The number of rotatable bonds is 6. The lowest BCUT2D eigenvalue weighted by atomic mass is 10.1. The van der Waals surface area contributed by atoms with E-state index < -0.39 is 11.8 Å². The van der Waals surface area contributed by atoms with Crippen LogP contribution in [-0.2, 0) is 6.61 Å². The van der Waals surface area contributed by atoms with Gasteiger partial charge in [0.25, 0.3) is 0 Å². The summed E-state index contributed by atoms with van der Waals surface area (Å²) >= 11 is 0. The highest BCUT2D eigenvalue weighted by atomic mass is 19.1. The monoisotopic (exact) mass is 317 g/mol.